The van der Waals surface area contributed by atoms with Crippen molar-refractivity contribution in [2.75, 3.05) is 7.11 Å². The fraction of sp³-hybridized carbons (Fsp3) is 0.375. The molecule has 0 fully saturated rings. The van der Waals surface area contributed by atoms with Crippen molar-refractivity contribution in [2.45, 2.75) is 32.1 Å². The number of ketones is 1. The molecular formula is C16H16ClN3O2. The number of carbonyl (C=O) groups is 1. The molecule has 0 aromatic carbocycles. The molecule has 0 saturated carbocycles. The summed E-state index contributed by atoms with van der Waals surface area (Å²) in [6, 6.07) is 3.50. The van der Waals surface area contributed by atoms with Crippen molar-refractivity contribution in [1.29, 1.82) is 0 Å². The first-order valence-electron chi connectivity index (χ1n) is 7.03. The normalized spacial score (nSPS) is 20.6. The van der Waals surface area contributed by atoms with Crippen LogP contribution in [-0.2, 0) is 11.8 Å². The summed E-state index contributed by atoms with van der Waals surface area (Å²) in [7, 11) is 1.57. The largest absolute Gasteiger partial charge is 0.495 e. The van der Waals surface area contributed by atoms with Gasteiger partial charge >= 0.3 is 0 Å². The quantitative estimate of drug-likeness (QED) is 0.797. The van der Waals surface area contributed by atoms with Crippen LogP contribution in [0.25, 0.3) is 0 Å². The van der Waals surface area contributed by atoms with Crippen LogP contribution in [0.15, 0.2) is 18.3 Å². The van der Waals surface area contributed by atoms with Crippen molar-refractivity contribution in [2.24, 2.45) is 0 Å². The molecule has 6 heteroatoms. The van der Waals surface area contributed by atoms with Crippen molar-refractivity contribution in [1.82, 2.24) is 15.2 Å². The van der Waals surface area contributed by atoms with E-state index in [1.54, 1.807) is 19.2 Å². The van der Waals surface area contributed by atoms with E-state index in [0.29, 0.717) is 35.0 Å². The summed E-state index contributed by atoms with van der Waals surface area (Å²) < 4.78 is 5.19. The minimum absolute atomic E-state index is 0.0120. The van der Waals surface area contributed by atoms with E-state index in [1.165, 1.54) is 6.20 Å². The van der Waals surface area contributed by atoms with Gasteiger partial charge in [0.2, 0.25) is 0 Å². The van der Waals surface area contributed by atoms with Crippen LogP contribution in [0.3, 0.4) is 0 Å². The van der Waals surface area contributed by atoms with Gasteiger partial charge in [-0.25, -0.2) is 4.98 Å². The summed E-state index contributed by atoms with van der Waals surface area (Å²) in [5.41, 5.74) is 2.17. The number of methoxy groups -OCH3 is 1. The highest BCUT2D eigenvalue weighted by molar-refractivity contribution is 6.29. The standard InChI is InChI=1S/C16H16ClN3O2/c1-9-6-13(17)19-11-4-5-16(2,15(21)14(9)11)12-7-10(22-3)8-18-20-12/h6-8H,4-5H2,1-3H3. The van der Waals surface area contributed by atoms with Crippen LogP contribution < -0.4 is 4.74 Å². The molecule has 0 saturated heterocycles. The first-order valence-corrected chi connectivity index (χ1v) is 7.41. The number of aryl methyl sites for hydroxylation is 2. The van der Waals surface area contributed by atoms with Crippen LogP contribution in [0.1, 0.15) is 40.7 Å². The van der Waals surface area contributed by atoms with E-state index in [9.17, 15) is 4.79 Å². The lowest BCUT2D eigenvalue weighted by atomic mass is 9.70. The molecule has 0 aliphatic heterocycles. The van der Waals surface area contributed by atoms with E-state index in [-0.39, 0.29) is 5.78 Å². The number of halogens is 1. The van der Waals surface area contributed by atoms with Gasteiger partial charge in [-0.3, -0.25) is 4.79 Å². The molecule has 2 aromatic heterocycles. The third-order valence-electron chi connectivity index (χ3n) is 4.28. The first-order chi connectivity index (χ1) is 10.5. The summed E-state index contributed by atoms with van der Waals surface area (Å²) >= 11 is 6.00. The number of hydrogen-bond donors (Lipinski definition) is 0. The molecule has 2 heterocycles. The van der Waals surface area contributed by atoms with Gasteiger partial charge in [0.15, 0.2) is 5.78 Å². The molecule has 0 radical (unpaired) electrons. The fourth-order valence-corrected chi connectivity index (χ4v) is 3.18. The lowest BCUT2D eigenvalue weighted by Gasteiger charge is -2.32. The Hall–Kier alpha value is -2.01. The zero-order chi connectivity index (χ0) is 15.9. The maximum absolute atomic E-state index is 13.1. The van der Waals surface area contributed by atoms with E-state index >= 15 is 0 Å². The van der Waals surface area contributed by atoms with Crippen LogP contribution in [0.4, 0.5) is 0 Å². The van der Waals surface area contributed by atoms with Crippen molar-refractivity contribution < 1.29 is 9.53 Å². The predicted molar refractivity (Wildman–Crippen MR) is 82.6 cm³/mol. The highest BCUT2D eigenvalue weighted by Gasteiger charge is 2.43. The van der Waals surface area contributed by atoms with Crippen LogP contribution in [0.5, 0.6) is 5.75 Å². The number of Topliss-reactive ketones (excluding diaryl/α,β-unsaturated/α-hetero) is 1. The van der Waals surface area contributed by atoms with Crippen LogP contribution in [0.2, 0.25) is 5.15 Å². The number of aromatic nitrogens is 3. The molecular weight excluding hydrogens is 302 g/mol. The van der Waals surface area contributed by atoms with Gasteiger partial charge in [-0.2, -0.15) is 10.2 Å². The van der Waals surface area contributed by atoms with Crippen LogP contribution in [0, 0.1) is 6.92 Å². The maximum atomic E-state index is 13.1. The van der Waals surface area contributed by atoms with E-state index in [2.05, 4.69) is 15.2 Å². The Morgan fingerprint density at radius 3 is 2.86 bits per heavy atom. The number of hydrogen-bond acceptors (Lipinski definition) is 5. The van der Waals surface area contributed by atoms with E-state index in [0.717, 1.165) is 11.3 Å². The molecule has 5 nitrogen and oxygen atoms in total. The van der Waals surface area contributed by atoms with Gasteiger partial charge < -0.3 is 4.74 Å². The zero-order valence-corrected chi connectivity index (χ0v) is 13.4. The molecule has 114 valence electrons. The second-order valence-electron chi connectivity index (χ2n) is 5.73. The van der Waals surface area contributed by atoms with Gasteiger partial charge in [0.05, 0.1) is 30.1 Å². The van der Waals surface area contributed by atoms with Crippen molar-refractivity contribution in [3.05, 3.63) is 46.0 Å². The minimum Gasteiger partial charge on any atom is -0.495 e. The number of rotatable bonds is 2. The third-order valence-corrected chi connectivity index (χ3v) is 4.47. The monoisotopic (exact) mass is 317 g/mol. The molecule has 0 N–H and O–H groups in total. The summed E-state index contributed by atoms with van der Waals surface area (Å²) in [5.74, 6) is 0.605. The predicted octanol–water partition coefficient (Wildman–Crippen LogP) is 2.93. The average molecular weight is 318 g/mol. The van der Waals surface area contributed by atoms with E-state index < -0.39 is 5.41 Å². The smallest absolute Gasteiger partial charge is 0.176 e. The summed E-state index contributed by atoms with van der Waals surface area (Å²) in [6.07, 6.45) is 2.83. The van der Waals surface area contributed by atoms with Gasteiger partial charge in [0, 0.05) is 11.6 Å². The fourth-order valence-electron chi connectivity index (χ4n) is 2.92. The second-order valence-corrected chi connectivity index (χ2v) is 6.11. The number of ether oxygens (including phenoxy) is 1. The SMILES string of the molecule is COc1cnnc(C2(C)CCc3nc(Cl)cc(C)c3C2=O)c1. The third kappa shape index (κ3) is 2.25. The molecule has 0 bridgehead atoms. The molecule has 1 atom stereocenters. The number of nitrogens with zero attached hydrogens (tertiary/aromatic N) is 3. The molecule has 22 heavy (non-hydrogen) atoms. The maximum Gasteiger partial charge on any atom is 0.176 e. The van der Waals surface area contributed by atoms with Gasteiger partial charge in [-0.15, -0.1) is 0 Å². The molecule has 1 aliphatic carbocycles. The Balaban J connectivity index is 2.11. The highest BCUT2D eigenvalue weighted by Crippen LogP contribution is 2.39. The molecule has 3 rings (SSSR count). The number of carbonyl (C=O) groups excluding carboxylic acids is 1. The van der Waals surface area contributed by atoms with E-state index in [1.807, 2.05) is 13.8 Å². The first kappa shape index (κ1) is 14.9. The Labute approximate surface area is 133 Å². The molecule has 0 spiro atoms. The van der Waals surface area contributed by atoms with Gasteiger partial charge in [-0.05, 0) is 38.3 Å². The Morgan fingerprint density at radius 2 is 2.14 bits per heavy atom. The van der Waals surface area contributed by atoms with Crippen LogP contribution >= 0.6 is 11.6 Å². The number of pyridine rings is 1. The highest BCUT2D eigenvalue weighted by atomic mass is 35.5. The average Bonchev–Trinajstić information content (AvgIpc) is 2.50. The lowest BCUT2D eigenvalue weighted by Crippen LogP contribution is -2.39. The topological polar surface area (TPSA) is 65.0 Å². The Kier molecular flexibility index (Phi) is 3.60. The molecule has 1 aliphatic rings. The van der Waals surface area contributed by atoms with Crippen molar-refractivity contribution in [3.8, 4) is 5.75 Å². The van der Waals surface area contributed by atoms with E-state index in [4.69, 9.17) is 16.3 Å². The van der Waals surface area contributed by atoms with Crippen molar-refractivity contribution >= 4 is 17.4 Å². The molecule has 2 aromatic rings. The lowest BCUT2D eigenvalue weighted by molar-refractivity contribution is 0.0868. The summed E-state index contributed by atoms with van der Waals surface area (Å²) in [6.45, 7) is 3.78. The molecule has 0 amide bonds. The Morgan fingerprint density at radius 1 is 1.36 bits per heavy atom. The van der Waals surface area contributed by atoms with Crippen LogP contribution in [-0.4, -0.2) is 28.1 Å². The molecule has 1 unspecified atom stereocenters. The van der Waals surface area contributed by atoms with Gasteiger partial charge in [-0.1, -0.05) is 11.6 Å². The van der Waals surface area contributed by atoms with Crippen molar-refractivity contribution in [3.63, 3.8) is 0 Å². The number of fused-ring (bicyclic) bond motifs is 1. The Bertz CT molecular complexity index is 763. The minimum atomic E-state index is -0.727. The van der Waals surface area contributed by atoms with Gasteiger partial charge in [0.1, 0.15) is 10.9 Å². The van der Waals surface area contributed by atoms with Gasteiger partial charge in [0.25, 0.3) is 0 Å². The second kappa shape index (κ2) is 5.32. The summed E-state index contributed by atoms with van der Waals surface area (Å²) in [5, 5.41) is 8.52. The summed E-state index contributed by atoms with van der Waals surface area (Å²) in [4.78, 5) is 17.4. The zero-order valence-electron chi connectivity index (χ0n) is 12.7.